The lowest BCUT2D eigenvalue weighted by atomic mass is 10.1. The SMILES string of the molecule is CCN(CC)c1onc(-c2ccc(F)cc2)c1CN(CCOC)C(=O)Nc1ccc(C)cc1. The number of nitrogens with zero attached hydrogens (tertiary/aromatic N) is 3. The van der Waals surface area contributed by atoms with Crippen molar-refractivity contribution >= 4 is 17.6 Å². The Balaban J connectivity index is 1.95. The lowest BCUT2D eigenvalue weighted by Gasteiger charge is -2.25. The Bertz CT molecular complexity index is 1030. The molecule has 3 rings (SSSR count). The van der Waals surface area contributed by atoms with Crippen LogP contribution in [0.1, 0.15) is 25.0 Å². The van der Waals surface area contributed by atoms with Crippen LogP contribution in [0.4, 0.5) is 20.8 Å². The minimum Gasteiger partial charge on any atom is -0.383 e. The van der Waals surface area contributed by atoms with Gasteiger partial charge < -0.3 is 24.4 Å². The van der Waals surface area contributed by atoms with E-state index >= 15 is 0 Å². The van der Waals surface area contributed by atoms with Crippen LogP contribution in [0, 0.1) is 12.7 Å². The Labute approximate surface area is 194 Å². The van der Waals surface area contributed by atoms with Gasteiger partial charge in [-0.05, 0) is 57.2 Å². The second kappa shape index (κ2) is 11.5. The first-order chi connectivity index (χ1) is 16.0. The maximum atomic E-state index is 13.5. The number of amides is 2. The third-order valence-electron chi connectivity index (χ3n) is 5.44. The normalized spacial score (nSPS) is 10.8. The first kappa shape index (κ1) is 24.3. The van der Waals surface area contributed by atoms with E-state index in [1.807, 2.05) is 49.9 Å². The smallest absolute Gasteiger partial charge is 0.322 e. The number of hydrogen-bond acceptors (Lipinski definition) is 5. The highest BCUT2D eigenvalue weighted by Gasteiger charge is 2.25. The minimum atomic E-state index is -0.327. The molecule has 2 aromatic carbocycles. The van der Waals surface area contributed by atoms with Gasteiger partial charge in [0.05, 0.1) is 18.7 Å². The predicted molar refractivity (Wildman–Crippen MR) is 128 cm³/mol. The van der Waals surface area contributed by atoms with Crippen molar-refractivity contribution in [3.05, 3.63) is 65.5 Å². The molecule has 0 aliphatic rings. The molecule has 1 aromatic heterocycles. The lowest BCUT2D eigenvalue weighted by molar-refractivity contribution is 0.153. The van der Waals surface area contributed by atoms with Crippen LogP contribution in [0.2, 0.25) is 0 Å². The van der Waals surface area contributed by atoms with Gasteiger partial charge in [0.1, 0.15) is 11.5 Å². The molecular formula is C25H31FN4O3. The first-order valence-electron chi connectivity index (χ1n) is 11.1. The lowest BCUT2D eigenvalue weighted by Crippen LogP contribution is -2.37. The summed E-state index contributed by atoms with van der Waals surface area (Å²) in [6.07, 6.45) is 0. The molecule has 3 aromatic rings. The molecule has 0 aliphatic heterocycles. The van der Waals surface area contributed by atoms with E-state index in [2.05, 4.69) is 10.5 Å². The quantitative estimate of drug-likeness (QED) is 0.449. The van der Waals surface area contributed by atoms with E-state index < -0.39 is 0 Å². The van der Waals surface area contributed by atoms with Gasteiger partial charge in [0.15, 0.2) is 0 Å². The Morgan fingerprint density at radius 1 is 1.09 bits per heavy atom. The number of aryl methyl sites for hydroxylation is 1. The summed E-state index contributed by atoms with van der Waals surface area (Å²) in [6.45, 7) is 8.49. The molecule has 0 spiro atoms. The summed E-state index contributed by atoms with van der Waals surface area (Å²) >= 11 is 0. The van der Waals surface area contributed by atoms with Crippen molar-refractivity contribution in [2.24, 2.45) is 0 Å². The standard InChI is InChI=1S/C25H31FN4O3/c1-5-29(6-2)24-22(23(28-33-24)19-9-11-20(26)12-10-19)17-30(15-16-32-4)25(31)27-21-13-7-18(3)8-14-21/h7-14H,5-6,15-17H2,1-4H3,(H,27,31). The number of halogens is 1. The Morgan fingerprint density at radius 2 is 1.76 bits per heavy atom. The second-order valence-electron chi connectivity index (χ2n) is 7.70. The Kier molecular flexibility index (Phi) is 8.43. The number of urea groups is 1. The summed E-state index contributed by atoms with van der Waals surface area (Å²) in [5, 5.41) is 7.24. The number of benzene rings is 2. The fraction of sp³-hybridized carbons (Fsp3) is 0.360. The van der Waals surface area contributed by atoms with Gasteiger partial charge in [-0.15, -0.1) is 0 Å². The largest absolute Gasteiger partial charge is 0.383 e. The monoisotopic (exact) mass is 454 g/mol. The van der Waals surface area contributed by atoms with Crippen LogP contribution in [-0.4, -0.2) is 49.4 Å². The van der Waals surface area contributed by atoms with Gasteiger partial charge >= 0.3 is 6.03 Å². The molecule has 0 bridgehead atoms. The van der Waals surface area contributed by atoms with Crippen LogP contribution < -0.4 is 10.2 Å². The molecule has 1 heterocycles. The summed E-state index contributed by atoms with van der Waals surface area (Å²) in [6, 6.07) is 13.5. The van der Waals surface area contributed by atoms with Gasteiger partial charge in [0.2, 0.25) is 5.88 Å². The number of aromatic nitrogens is 1. The number of hydrogen-bond donors (Lipinski definition) is 1. The molecule has 0 atom stereocenters. The zero-order valence-electron chi connectivity index (χ0n) is 19.6. The zero-order chi connectivity index (χ0) is 23.8. The summed E-state index contributed by atoms with van der Waals surface area (Å²) < 4.78 is 24.5. The van der Waals surface area contributed by atoms with Gasteiger partial charge in [-0.3, -0.25) is 0 Å². The highest BCUT2D eigenvalue weighted by atomic mass is 19.1. The Morgan fingerprint density at radius 3 is 2.36 bits per heavy atom. The summed E-state index contributed by atoms with van der Waals surface area (Å²) in [5.41, 5.74) is 3.89. The van der Waals surface area contributed by atoms with E-state index in [0.29, 0.717) is 30.4 Å². The fourth-order valence-electron chi connectivity index (χ4n) is 3.52. The van der Waals surface area contributed by atoms with Crippen molar-refractivity contribution in [2.45, 2.75) is 27.3 Å². The number of anilines is 2. The number of nitrogens with one attached hydrogen (secondary N) is 1. The molecule has 176 valence electrons. The molecule has 0 saturated heterocycles. The van der Waals surface area contributed by atoms with Crippen LogP contribution in [0.25, 0.3) is 11.3 Å². The van der Waals surface area contributed by atoms with E-state index in [1.165, 1.54) is 12.1 Å². The highest BCUT2D eigenvalue weighted by Crippen LogP contribution is 2.32. The van der Waals surface area contributed by atoms with Crippen LogP contribution in [0.15, 0.2) is 53.1 Å². The van der Waals surface area contributed by atoms with Gasteiger partial charge in [-0.2, -0.15) is 0 Å². The van der Waals surface area contributed by atoms with Gasteiger partial charge in [0.25, 0.3) is 0 Å². The summed E-state index contributed by atoms with van der Waals surface area (Å²) in [7, 11) is 1.60. The molecule has 0 unspecified atom stereocenters. The van der Waals surface area contributed by atoms with Crippen LogP contribution in [-0.2, 0) is 11.3 Å². The zero-order valence-corrected chi connectivity index (χ0v) is 19.6. The van der Waals surface area contributed by atoms with Crippen LogP contribution >= 0.6 is 0 Å². The van der Waals surface area contributed by atoms with Gasteiger partial charge in [-0.1, -0.05) is 22.9 Å². The highest BCUT2D eigenvalue weighted by molar-refractivity contribution is 5.89. The fourth-order valence-corrected chi connectivity index (χ4v) is 3.52. The summed E-state index contributed by atoms with van der Waals surface area (Å²) in [4.78, 5) is 16.9. The first-order valence-corrected chi connectivity index (χ1v) is 11.1. The van der Waals surface area contributed by atoms with Gasteiger partial charge in [-0.25, -0.2) is 9.18 Å². The van der Waals surface area contributed by atoms with Gasteiger partial charge in [0, 0.05) is 38.0 Å². The van der Waals surface area contributed by atoms with Crippen molar-refractivity contribution in [1.82, 2.24) is 10.1 Å². The predicted octanol–water partition coefficient (Wildman–Crippen LogP) is 5.32. The molecule has 0 fully saturated rings. The van der Waals surface area contributed by atoms with Crippen molar-refractivity contribution < 1.29 is 18.4 Å². The third kappa shape index (κ3) is 6.10. The summed E-state index contributed by atoms with van der Waals surface area (Å²) in [5.74, 6) is 0.275. The van der Waals surface area contributed by atoms with E-state index in [9.17, 15) is 9.18 Å². The number of methoxy groups -OCH3 is 1. The molecule has 0 aliphatic carbocycles. The molecule has 33 heavy (non-hydrogen) atoms. The maximum absolute atomic E-state index is 13.5. The minimum absolute atomic E-state index is 0.253. The molecule has 0 radical (unpaired) electrons. The van der Waals surface area contributed by atoms with Crippen molar-refractivity contribution in [2.75, 3.05) is 43.6 Å². The molecule has 2 amide bonds. The average Bonchev–Trinajstić information content (AvgIpc) is 3.22. The van der Waals surface area contributed by atoms with E-state index in [-0.39, 0.29) is 18.4 Å². The van der Waals surface area contributed by atoms with Crippen LogP contribution in [0.5, 0.6) is 0 Å². The van der Waals surface area contributed by atoms with Crippen LogP contribution in [0.3, 0.4) is 0 Å². The number of carbonyl (C=O) groups excluding carboxylic acids is 1. The Hall–Kier alpha value is -3.39. The number of carbonyl (C=O) groups is 1. The van der Waals surface area contributed by atoms with Crippen molar-refractivity contribution in [3.8, 4) is 11.3 Å². The second-order valence-corrected chi connectivity index (χ2v) is 7.70. The molecule has 0 saturated carbocycles. The van der Waals surface area contributed by atoms with Crippen molar-refractivity contribution in [3.63, 3.8) is 0 Å². The van der Waals surface area contributed by atoms with E-state index in [4.69, 9.17) is 9.26 Å². The number of rotatable bonds is 10. The topological polar surface area (TPSA) is 70.8 Å². The maximum Gasteiger partial charge on any atom is 0.322 e. The average molecular weight is 455 g/mol. The molecule has 7 nitrogen and oxygen atoms in total. The molecule has 1 N–H and O–H groups in total. The van der Waals surface area contributed by atoms with Crippen molar-refractivity contribution in [1.29, 1.82) is 0 Å². The molecular weight excluding hydrogens is 423 g/mol. The third-order valence-corrected chi connectivity index (χ3v) is 5.44. The number of ether oxygens (including phenoxy) is 1. The molecule has 8 heteroatoms. The van der Waals surface area contributed by atoms with E-state index in [0.717, 1.165) is 29.8 Å². The van der Waals surface area contributed by atoms with E-state index in [1.54, 1.807) is 24.1 Å².